The second kappa shape index (κ2) is 7.66. The molecule has 3 N–H and O–H groups in total. The molecule has 0 aliphatic rings. The molecule has 25 heavy (non-hydrogen) atoms. The van der Waals surface area contributed by atoms with Crippen LogP contribution >= 0.6 is 0 Å². The number of imidazole rings is 1. The molecular formula is C16H22N4O4S. The maximum absolute atomic E-state index is 12.5. The second-order valence-electron chi connectivity index (χ2n) is 5.51. The molecule has 0 bridgehead atoms. The lowest BCUT2D eigenvalue weighted by Gasteiger charge is -2.19. The summed E-state index contributed by atoms with van der Waals surface area (Å²) in [6.07, 6.45) is 1.30. The highest BCUT2D eigenvalue weighted by Crippen LogP contribution is 2.19. The number of nitrogens with zero attached hydrogens (tertiary/aromatic N) is 1. The summed E-state index contributed by atoms with van der Waals surface area (Å²) in [7, 11) is -3.50. The molecule has 2 aromatic rings. The van der Waals surface area contributed by atoms with Crippen molar-refractivity contribution in [1.29, 1.82) is 0 Å². The molecule has 1 aromatic carbocycles. The van der Waals surface area contributed by atoms with Gasteiger partial charge in [-0.3, -0.25) is 4.79 Å². The number of rotatable bonds is 7. The van der Waals surface area contributed by atoms with Gasteiger partial charge in [-0.15, -0.1) is 0 Å². The van der Waals surface area contributed by atoms with Crippen molar-refractivity contribution in [2.24, 2.45) is 0 Å². The first kappa shape index (κ1) is 18.9. The summed E-state index contributed by atoms with van der Waals surface area (Å²) in [4.78, 5) is 28.0. The lowest BCUT2D eigenvalue weighted by atomic mass is 10.1. The largest absolute Gasteiger partial charge is 0.344 e. The van der Waals surface area contributed by atoms with Crippen LogP contribution in [0.1, 0.15) is 42.9 Å². The Hall–Kier alpha value is -2.39. The molecule has 2 rings (SSSR count). The van der Waals surface area contributed by atoms with E-state index in [2.05, 4.69) is 15.3 Å². The SMILES string of the molecule is CCN(CC)S(=O)(=O)c1ccc([C@@H](C)NC(=O)c2c[nH]c(=O)[nH]2)cc1. The molecule has 136 valence electrons. The van der Waals surface area contributed by atoms with Gasteiger partial charge in [-0.25, -0.2) is 13.2 Å². The minimum Gasteiger partial charge on any atom is -0.344 e. The molecule has 0 unspecified atom stereocenters. The standard InChI is InChI=1S/C16H22N4O4S/c1-4-20(5-2)25(23,24)13-8-6-12(7-9-13)11(3)18-15(21)14-10-17-16(22)19-14/h6-11H,4-5H2,1-3H3,(H,18,21)(H2,17,19,22)/t11-/m1/s1. The van der Waals surface area contributed by atoms with E-state index >= 15 is 0 Å². The predicted octanol–water partition coefficient (Wildman–Crippen LogP) is 1.22. The molecule has 0 fully saturated rings. The molecule has 1 aromatic heterocycles. The smallest absolute Gasteiger partial charge is 0.323 e. The van der Waals surface area contributed by atoms with E-state index in [1.54, 1.807) is 32.9 Å². The number of hydrogen-bond acceptors (Lipinski definition) is 4. The summed E-state index contributed by atoms with van der Waals surface area (Å²) in [5.74, 6) is -0.425. The highest BCUT2D eigenvalue weighted by Gasteiger charge is 2.21. The van der Waals surface area contributed by atoms with Crippen molar-refractivity contribution in [3.05, 3.63) is 52.2 Å². The van der Waals surface area contributed by atoms with Gasteiger partial charge in [-0.1, -0.05) is 26.0 Å². The van der Waals surface area contributed by atoms with Crippen molar-refractivity contribution in [3.8, 4) is 0 Å². The third-order valence-corrected chi connectivity index (χ3v) is 5.98. The van der Waals surface area contributed by atoms with Gasteiger partial charge in [0.1, 0.15) is 5.69 Å². The Morgan fingerprint density at radius 3 is 2.28 bits per heavy atom. The summed E-state index contributed by atoms with van der Waals surface area (Å²) < 4.78 is 26.3. The third kappa shape index (κ3) is 4.18. The molecule has 8 nitrogen and oxygen atoms in total. The van der Waals surface area contributed by atoms with Crippen LogP contribution in [-0.4, -0.2) is 41.7 Å². The van der Waals surface area contributed by atoms with Crippen LogP contribution in [0, 0.1) is 0 Å². The Morgan fingerprint density at radius 2 is 1.80 bits per heavy atom. The third-order valence-electron chi connectivity index (χ3n) is 3.91. The fourth-order valence-electron chi connectivity index (χ4n) is 2.45. The fraction of sp³-hybridized carbons (Fsp3) is 0.375. The second-order valence-corrected chi connectivity index (χ2v) is 7.45. The van der Waals surface area contributed by atoms with Crippen LogP contribution in [0.5, 0.6) is 0 Å². The summed E-state index contributed by atoms with van der Waals surface area (Å²) in [6, 6.07) is 6.05. The van der Waals surface area contributed by atoms with Crippen molar-refractivity contribution >= 4 is 15.9 Å². The average Bonchev–Trinajstić information content (AvgIpc) is 3.02. The lowest BCUT2D eigenvalue weighted by molar-refractivity contribution is 0.0935. The summed E-state index contributed by atoms with van der Waals surface area (Å²) in [5.41, 5.74) is 0.436. The topological polar surface area (TPSA) is 115 Å². The van der Waals surface area contributed by atoms with Gasteiger partial charge in [-0.2, -0.15) is 4.31 Å². The van der Waals surface area contributed by atoms with Gasteiger partial charge < -0.3 is 15.3 Å². The molecule has 1 atom stereocenters. The zero-order chi connectivity index (χ0) is 18.6. The molecule has 0 aliphatic heterocycles. The first-order chi connectivity index (χ1) is 11.8. The van der Waals surface area contributed by atoms with Gasteiger partial charge in [0, 0.05) is 19.3 Å². The van der Waals surface area contributed by atoms with Crippen molar-refractivity contribution in [2.75, 3.05) is 13.1 Å². The summed E-state index contributed by atoms with van der Waals surface area (Å²) in [5, 5.41) is 2.74. The Bertz CT molecular complexity index is 879. The van der Waals surface area contributed by atoms with E-state index in [0.29, 0.717) is 13.1 Å². The van der Waals surface area contributed by atoms with Gasteiger partial charge in [0.25, 0.3) is 5.91 Å². The van der Waals surface area contributed by atoms with E-state index < -0.39 is 21.6 Å². The summed E-state index contributed by atoms with van der Waals surface area (Å²) >= 11 is 0. The number of hydrogen-bond donors (Lipinski definition) is 3. The van der Waals surface area contributed by atoms with Crippen LogP contribution in [0.4, 0.5) is 0 Å². The van der Waals surface area contributed by atoms with Crippen molar-refractivity contribution in [2.45, 2.75) is 31.7 Å². The van der Waals surface area contributed by atoms with E-state index in [4.69, 9.17) is 0 Å². The number of carbonyl (C=O) groups is 1. The van der Waals surface area contributed by atoms with Crippen LogP contribution < -0.4 is 11.0 Å². The maximum atomic E-state index is 12.5. The number of carbonyl (C=O) groups excluding carboxylic acids is 1. The predicted molar refractivity (Wildman–Crippen MR) is 93.8 cm³/mol. The van der Waals surface area contributed by atoms with E-state index in [-0.39, 0.29) is 16.6 Å². The Balaban J connectivity index is 2.13. The van der Waals surface area contributed by atoms with E-state index in [1.807, 2.05) is 0 Å². The molecule has 0 aliphatic carbocycles. The quantitative estimate of drug-likeness (QED) is 0.683. The molecule has 1 heterocycles. The van der Waals surface area contributed by atoms with Crippen molar-refractivity contribution in [1.82, 2.24) is 19.6 Å². The molecule has 0 saturated carbocycles. The molecular weight excluding hydrogens is 344 g/mol. The van der Waals surface area contributed by atoms with Crippen LogP contribution in [0.25, 0.3) is 0 Å². The van der Waals surface area contributed by atoms with Gasteiger partial charge in [0.15, 0.2) is 0 Å². The minimum atomic E-state index is -3.50. The summed E-state index contributed by atoms with van der Waals surface area (Å²) in [6.45, 7) is 6.16. The van der Waals surface area contributed by atoms with E-state index in [1.165, 1.54) is 22.6 Å². The Kier molecular flexibility index (Phi) is 5.81. The van der Waals surface area contributed by atoms with Gasteiger partial charge >= 0.3 is 5.69 Å². The molecule has 9 heteroatoms. The fourth-order valence-corrected chi connectivity index (χ4v) is 3.91. The average molecular weight is 366 g/mol. The van der Waals surface area contributed by atoms with Gasteiger partial charge in [-0.05, 0) is 24.6 Å². The number of aromatic nitrogens is 2. The molecule has 1 amide bonds. The number of H-pyrrole nitrogens is 2. The van der Waals surface area contributed by atoms with Gasteiger partial charge in [0.2, 0.25) is 10.0 Å². The molecule has 0 spiro atoms. The number of sulfonamides is 1. The van der Waals surface area contributed by atoms with Crippen LogP contribution in [-0.2, 0) is 10.0 Å². The highest BCUT2D eigenvalue weighted by atomic mass is 32.2. The first-order valence-corrected chi connectivity index (χ1v) is 9.42. The number of nitrogens with one attached hydrogen (secondary N) is 3. The highest BCUT2D eigenvalue weighted by molar-refractivity contribution is 7.89. The zero-order valence-electron chi connectivity index (χ0n) is 14.4. The molecule has 0 radical (unpaired) electrons. The van der Waals surface area contributed by atoms with Crippen LogP contribution in [0.15, 0.2) is 40.2 Å². The van der Waals surface area contributed by atoms with Gasteiger partial charge in [0.05, 0.1) is 10.9 Å². The van der Waals surface area contributed by atoms with E-state index in [9.17, 15) is 18.0 Å². The number of aromatic amines is 2. The van der Waals surface area contributed by atoms with Crippen LogP contribution in [0.2, 0.25) is 0 Å². The minimum absolute atomic E-state index is 0.137. The zero-order valence-corrected chi connectivity index (χ0v) is 15.2. The Morgan fingerprint density at radius 1 is 1.20 bits per heavy atom. The van der Waals surface area contributed by atoms with Crippen LogP contribution in [0.3, 0.4) is 0 Å². The number of benzene rings is 1. The van der Waals surface area contributed by atoms with Crippen molar-refractivity contribution < 1.29 is 13.2 Å². The van der Waals surface area contributed by atoms with Crippen molar-refractivity contribution in [3.63, 3.8) is 0 Å². The normalized spacial score (nSPS) is 13.0. The van der Waals surface area contributed by atoms with E-state index in [0.717, 1.165) is 5.56 Å². The monoisotopic (exact) mass is 366 g/mol. The first-order valence-electron chi connectivity index (χ1n) is 7.98. The molecule has 0 saturated heterocycles. The maximum Gasteiger partial charge on any atom is 0.323 e. The number of amides is 1. The lowest BCUT2D eigenvalue weighted by Crippen LogP contribution is -2.30. The Labute approximate surface area is 146 Å².